The lowest BCUT2D eigenvalue weighted by Gasteiger charge is -2.22. The van der Waals surface area contributed by atoms with Crippen molar-refractivity contribution in [3.8, 4) is 41.4 Å². The number of carbonyl (C=O) groups is 2. The zero-order chi connectivity index (χ0) is 48.9. The lowest BCUT2D eigenvalue weighted by atomic mass is 10.1. The maximum absolute atomic E-state index is 12.6. The molecule has 3 atom stereocenters. The zero-order valence-corrected chi connectivity index (χ0v) is 40.8. The maximum atomic E-state index is 12.6. The highest BCUT2D eigenvalue weighted by Gasteiger charge is 2.62. The summed E-state index contributed by atoms with van der Waals surface area (Å²) in [6.07, 6.45) is 6.09. The van der Waals surface area contributed by atoms with Crippen LogP contribution in [0.2, 0.25) is 15.1 Å². The summed E-state index contributed by atoms with van der Waals surface area (Å²) in [5.74, 6) is 2.41. The van der Waals surface area contributed by atoms with Gasteiger partial charge in [-0.15, -0.1) is 0 Å². The number of hydrogen-bond acceptors (Lipinski definition) is 9. The Kier molecular flexibility index (Phi) is 21.4. The van der Waals surface area contributed by atoms with Crippen molar-refractivity contribution in [3.63, 3.8) is 0 Å². The normalized spacial score (nSPS) is 14.2. The van der Waals surface area contributed by atoms with E-state index in [1.54, 1.807) is 59.8 Å². The number of hydrogen-bond donors (Lipinski definition) is 0. The number of nitrogens with zero attached hydrogens (tertiary/aromatic N) is 5. The average molecular weight is 1000 g/mol. The molecule has 6 aromatic rings. The number of halogens is 5. The first kappa shape index (κ1) is 53.4. The van der Waals surface area contributed by atoms with Crippen molar-refractivity contribution < 1.29 is 28.5 Å². The Labute approximate surface area is 416 Å². The molecule has 1 aromatic heterocycles. The fraction of sp³-hybridized carbons (Fsp3) is 0.235. The van der Waals surface area contributed by atoms with Crippen LogP contribution in [0.25, 0.3) is 0 Å². The lowest BCUT2D eigenvalue weighted by molar-refractivity contribution is -0.149. The van der Waals surface area contributed by atoms with Crippen LogP contribution in [-0.2, 0) is 9.53 Å². The van der Waals surface area contributed by atoms with Gasteiger partial charge in [-0.1, -0.05) is 139 Å². The van der Waals surface area contributed by atoms with Crippen molar-refractivity contribution in [2.45, 2.75) is 40.2 Å². The SMILES string of the molecule is C#N.CC1(C)C(C=C(Cl)Cl)C1C(=O)OC(C#N)c1cccc(Oc2ccccc2)c1.CCCN(CCOc1c(Cl)cc(Cl)cc1Cl)C(=O)n1ccnc1.Cc1cccc(Oc2ccccc2)c1. The van der Waals surface area contributed by atoms with Crippen molar-refractivity contribution in [1.82, 2.24) is 14.5 Å². The summed E-state index contributed by atoms with van der Waals surface area (Å²) in [4.78, 5) is 30.5. The van der Waals surface area contributed by atoms with Crippen molar-refractivity contribution in [2.24, 2.45) is 17.3 Å². The number of allylic oxidation sites excluding steroid dienone is 1. The minimum Gasteiger partial charge on any atom is -0.489 e. The Morgan fingerprint density at radius 1 is 0.836 bits per heavy atom. The molecule has 7 rings (SSSR count). The number of ether oxygens (including phenoxy) is 4. The lowest BCUT2D eigenvalue weighted by Crippen LogP contribution is -2.37. The van der Waals surface area contributed by atoms with E-state index in [0.29, 0.717) is 51.0 Å². The maximum Gasteiger partial charge on any atom is 0.329 e. The summed E-state index contributed by atoms with van der Waals surface area (Å²) in [5.41, 5.74) is 1.44. The molecule has 1 amide bonds. The fourth-order valence-electron chi connectivity index (χ4n) is 6.64. The molecule has 1 aliphatic rings. The smallest absolute Gasteiger partial charge is 0.329 e. The number of amides is 1. The third-order valence-electron chi connectivity index (χ3n) is 9.99. The van der Waals surface area contributed by atoms with Gasteiger partial charge in [0.2, 0.25) is 6.10 Å². The molecule has 0 spiro atoms. The topological polar surface area (TPSA) is 140 Å². The van der Waals surface area contributed by atoms with Crippen LogP contribution >= 0.6 is 58.0 Å². The molecule has 0 bridgehead atoms. The first-order valence-corrected chi connectivity index (χ1v) is 22.6. The summed E-state index contributed by atoms with van der Waals surface area (Å²) in [7, 11) is 0. The van der Waals surface area contributed by atoms with Gasteiger partial charge in [0.1, 0.15) is 46.5 Å². The molecule has 1 saturated carbocycles. The second-order valence-electron chi connectivity index (χ2n) is 15.2. The van der Waals surface area contributed by atoms with Gasteiger partial charge >= 0.3 is 12.0 Å². The Bertz CT molecular complexity index is 2580. The van der Waals surface area contributed by atoms with Gasteiger partial charge in [0.15, 0.2) is 5.75 Å². The standard InChI is InChI=1S/C22H19Cl2NO3.C15H16Cl3N3O2.C13H12O.CHN/c1-22(2)17(12-19(23)24)20(22)21(26)28-18(13-25)14-7-6-10-16(11-14)27-15-8-4-3-5-9-15;1-2-4-20(15(22)21-5-3-19-10-21)6-7-23-14-12(17)8-11(16)9-13(14)18;1-11-6-5-9-13(10-11)14-12-7-3-2-4-8-12;1-2/h3-12,17-18,20H,1-2H3;3,5,8-10H,2,4,6-7H2,1H3;2-10H,1H3;1H. The minimum absolute atomic E-state index is 0.114. The van der Waals surface area contributed by atoms with Crippen LogP contribution in [-0.4, -0.2) is 46.1 Å². The average Bonchev–Trinajstić information content (AvgIpc) is 3.57. The molecule has 1 heterocycles. The molecule has 67 heavy (non-hydrogen) atoms. The van der Waals surface area contributed by atoms with Gasteiger partial charge in [-0.25, -0.2) is 15.0 Å². The number of carbonyl (C=O) groups excluding carboxylic acids is 2. The molecular weight excluding hydrogens is 956 g/mol. The van der Waals surface area contributed by atoms with Gasteiger partial charge in [0.05, 0.1) is 22.5 Å². The van der Waals surface area contributed by atoms with Crippen LogP contribution in [0, 0.1) is 47.3 Å². The fourth-order valence-corrected chi connectivity index (χ4v) is 7.83. The van der Waals surface area contributed by atoms with Crippen molar-refractivity contribution in [1.29, 1.82) is 10.5 Å². The Morgan fingerprint density at radius 3 is 1.93 bits per heavy atom. The third kappa shape index (κ3) is 16.6. The first-order valence-electron chi connectivity index (χ1n) is 20.8. The molecule has 11 nitrogen and oxygen atoms in total. The van der Waals surface area contributed by atoms with Gasteiger partial charge in [0, 0.05) is 36.1 Å². The predicted octanol–water partition coefficient (Wildman–Crippen LogP) is 14.7. The second kappa shape index (κ2) is 26.8. The van der Waals surface area contributed by atoms with Crippen LogP contribution < -0.4 is 14.2 Å². The Balaban J connectivity index is 0.000000226. The number of aromatic nitrogens is 2. The molecule has 348 valence electrons. The summed E-state index contributed by atoms with van der Waals surface area (Å²) in [5, 5.41) is 17.1. The highest BCUT2D eigenvalue weighted by molar-refractivity contribution is 6.55. The van der Waals surface area contributed by atoms with E-state index < -0.39 is 12.1 Å². The molecule has 16 heteroatoms. The van der Waals surface area contributed by atoms with Crippen LogP contribution in [0.3, 0.4) is 0 Å². The second-order valence-corrected chi connectivity index (χ2v) is 17.5. The van der Waals surface area contributed by atoms with Crippen LogP contribution in [0.5, 0.6) is 28.7 Å². The molecular formula is C51H48Cl5N5O6. The monoisotopic (exact) mass is 1000 g/mol. The Hall–Kier alpha value is -6.18. The van der Waals surface area contributed by atoms with Gasteiger partial charge in [-0.3, -0.25) is 9.36 Å². The number of esters is 1. The van der Waals surface area contributed by atoms with E-state index in [1.165, 1.54) is 16.5 Å². The molecule has 1 aliphatic carbocycles. The number of aryl methyl sites for hydroxylation is 1. The number of nitriles is 2. The van der Waals surface area contributed by atoms with E-state index in [0.717, 1.165) is 17.9 Å². The van der Waals surface area contributed by atoms with E-state index in [9.17, 15) is 14.9 Å². The third-order valence-corrected chi connectivity index (χ3v) is 11.0. The van der Waals surface area contributed by atoms with Crippen molar-refractivity contribution >= 4 is 70.0 Å². The van der Waals surface area contributed by atoms with E-state index >= 15 is 0 Å². The van der Waals surface area contributed by atoms with Gasteiger partial charge < -0.3 is 23.8 Å². The zero-order valence-electron chi connectivity index (χ0n) is 37.1. The Morgan fingerprint density at radius 2 is 1.40 bits per heavy atom. The number of para-hydroxylation sites is 2. The summed E-state index contributed by atoms with van der Waals surface area (Å²) in [6, 6.07) is 39.1. The first-order chi connectivity index (χ1) is 32.2. The molecule has 3 unspecified atom stereocenters. The predicted molar refractivity (Wildman–Crippen MR) is 264 cm³/mol. The van der Waals surface area contributed by atoms with E-state index in [1.807, 2.05) is 106 Å². The van der Waals surface area contributed by atoms with Crippen LogP contribution in [0.15, 0.2) is 151 Å². The summed E-state index contributed by atoms with van der Waals surface area (Å²) >= 11 is 29.5. The van der Waals surface area contributed by atoms with E-state index in [4.69, 9.17) is 82.2 Å². The molecule has 0 radical (unpaired) electrons. The summed E-state index contributed by atoms with van der Waals surface area (Å²) < 4.78 is 24.1. The summed E-state index contributed by atoms with van der Waals surface area (Å²) in [6.45, 7) is 12.7. The van der Waals surface area contributed by atoms with Crippen molar-refractivity contribution in [2.75, 3.05) is 19.7 Å². The van der Waals surface area contributed by atoms with E-state index in [-0.39, 0.29) is 34.4 Å². The molecule has 5 aromatic carbocycles. The minimum atomic E-state index is -1.03. The van der Waals surface area contributed by atoms with E-state index in [2.05, 4.69) is 24.5 Å². The van der Waals surface area contributed by atoms with Gasteiger partial charge in [0.25, 0.3) is 0 Å². The molecule has 0 aliphatic heterocycles. The largest absolute Gasteiger partial charge is 0.489 e. The molecule has 0 saturated heterocycles. The number of imidazole rings is 1. The number of benzene rings is 5. The van der Waals surface area contributed by atoms with Crippen molar-refractivity contribution in [3.05, 3.63) is 177 Å². The number of rotatable bonds is 14. The van der Waals surface area contributed by atoms with Crippen LogP contribution in [0.1, 0.15) is 44.4 Å². The van der Waals surface area contributed by atoms with Gasteiger partial charge in [-0.05, 0) is 97.0 Å². The van der Waals surface area contributed by atoms with Crippen LogP contribution in [0.4, 0.5) is 4.79 Å². The quantitative estimate of drug-likeness (QED) is 0.0976. The highest BCUT2D eigenvalue weighted by Crippen LogP contribution is 2.60. The highest BCUT2D eigenvalue weighted by atomic mass is 35.5. The van der Waals surface area contributed by atoms with Gasteiger partial charge in [-0.2, -0.15) is 5.26 Å². The molecule has 1 fully saturated rings. The molecule has 0 N–H and O–H groups in total.